The highest BCUT2D eigenvalue weighted by molar-refractivity contribution is 6.35. The number of hydrogen-bond acceptors (Lipinski definition) is 4. The first-order chi connectivity index (χ1) is 12.9. The molecule has 1 aliphatic heterocycles. The molecule has 1 fully saturated rings. The Morgan fingerprint density at radius 3 is 2.44 bits per heavy atom. The third-order valence-corrected chi connectivity index (χ3v) is 4.36. The van der Waals surface area contributed by atoms with Gasteiger partial charge in [-0.25, -0.2) is 14.1 Å². The van der Waals surface area contributed by atoms with Crippen molar-refractivity contribution in [2.24, 2.45) is 10.9 Å². The number of hydrogen-bond donors (Lipinski definition) is 1. The van der Waals surface area contributed by atoms with E-state index in [2.05, 4.69) is 10.3 Å². The van der Waals surface area contributed by atoms with Gasteiger partial charge in [-0.2, -0.15) is 0 Å². The average molecular weight is 367 g/mol. The minimum Gasteiger partial charge on any atom is -0.288 e. The van der Waals surface area contributed by atoms with Gasteiger partial charge >= 0.3 is 6.03 Å². The Bertz CT molecular complexity index is 938. The molecule has 1 saturated heterocycles. The van der Waals surface area contributed by atoms with E-state index in [-0.39, 0.29) is 18.1 Å². The van der Waals surface area contributed by atoms with Gasteiger partial charge < -0.3 is 0 Å². The lowest BCUT2D eigenvalue weighted by Gasteiger charge is -2.31. The summed E-state index contributed by atoms with van der Waals surface area (Å²) in [6.07, 6.45) is 0. The number of urea groups is 1. The number of para-hydroxylation sites is 1. The number of anilines is 1. The molecule has 4 amide bonds. The summed E-state index contributed by atoms with van der Waals surface area (Å²) in [7, 11) is 0. The maximum Gasteiger partial charge on any atom is 0.335 e. The first-order valence-corrected chi connectivity index (χ1v) is 8.38. The molecule has 0 saturated carbocycles. The molecule has 0 unspecified atom stereocenters. The number of nitrogens with zero attached hydrogens (tertiary/aromatic N) is 2. The molecule has 0 spiro atoms. The second-order valence-electron chi connectivity index (χ2n) is 6.27. The van der Waals surface area contributed by atoms with E-state index in [1.54, 1.807) is 50.2 Å². The van der Waals surface area contributed by atoms with Crippen LogP contribution in [0.25, 0.3) is 0 Å². The number of halogens is 1. The molecule has 0 aliphatic carbocycles. The van der Waals surface area contributed by atoms with Crippen molar-refractivity contribution in [2.75, 3.05) is 4.90 Å². The first kappa shape index (κ1) is 18.4. The van der Waals surface area contributed by atoms with Crippen molar-refractivity contribution >= 4 is 29.2 Å². The minimum atomic E-state index is -1.19. The normalized spacial score (nSPS) is 17.9. The van der Waals surface area contributed by atoms with Gasteiger partial charge in [-0.05, 0) is 43.2 Å². The van der Waals surface area contributed by atoms with Crippen molar-refractivity contribution in [1.82, 2.24) is 5.32 Å². The number of aryl methyl sites for hydroxylation is 1. The molecule has 1 aliphatic rings. The monoisotopic (exact) mass is 367 g/mol. The number of carbonyl (C=O) groups excluding carboxylic acids is 3. The van der Waals surface area contributed by atoms with E-state index in [0.29, 0.717) is 5.69 Å². The molecule has 1 atom stereocenters. The Kier molecular flexibility index (Phi) is 5.12. The highest BCUT2D eigenvalue weighted by Crippen LogP contribution is 2.24. The Morgan fingerprint density at radius 2 is 1.78 bits per heavy atom. The molecule has 0 aromatic heterocycles. The summed E-state index contributed by atoms with van der Waals surface area (Å²) in [6, 6.07) is 11.9. The number of nitrogens with one attached hydrogen (secondary N) is 1. The van der Waals surface area contributed by atoms with Crippen LogP contribution >= 0.6 is 0 Å². The van der Waals surface area contributed by atoms with Crippen LogP contribution in [0.1, 0.15) is 18.1 Å². The number of amides is 4. The van der Waals surface area contributed by atoms with Crippen LogP contribution in [0.15, 0.2) is 53.5 Å². The predicted octanol–water partition coefficient (Wildman–Crippen LogP) is 2.99. The fourth-order valence-electron chi connectivity index (χ4n) is 2.88. The van der Waals surface area contributed by atoms with Crippen LogP contribution in [-0.4, -0.2) is 23.6 Å². The molecule has 3 rings (SSSR count). The van der Waals surface area contributed by atoms with Crippen LogP contribution in [-0.2, 0) is 16.1 Å². The predicted molar refractivity (Wildman–Crippen MR) is 98.9 cm³/mol. The molecule has 2 aromatic carbocycles. The summed E-state index contributed by atoms with van der Waals surface area (Å²) >= 11 is 0. The molecule has 1 heterocycles. The van der Waals surface area contributed by atoms with Gasteiger partial charge in [-0.15, -0.1) is 0 Å². The number of benzene rings is 2. The SMILES string of the molecule is CC(=NCc1ccc(F)cc1)[C@@H]1C(=O)NC(=O)N(c2ccccc2C)C1=O. The summed E-state index contributed by atoms with van der Waals surface area (Å²) in [5.41, 5.74) is 2.18. The highest BCUT2D eigenvalue weighted by atomic mass is 19.1. The van der Waals surface area contributed by atoms with E-state index < -0.39 is 23.8 Å². The van der Waals surface area contributed by atoms with Crippen LogP contribution < -0.4 is 10.2 Å². The van der Waals surface area contributed by atoms with Crippen molar-refractivity contribution < 1.29 is 18.8 Å². The zero-order chi connectivity index (χ0) is 19.6. The van der Waals surface area contributed by atoms with E-state index in [4.69, 9.17) is 0 Å². The quantitative estimate of drug-likeness (QED) is 0.666. The van der Waals surface area contributed by atoms with Crippen molar-refractivity contribution in [3.05, 3.63) is 65.5 Å². The number of aliphatic imine (C=N–C) groups is 1. The summed E-state index contributed by atoms with van der Waals surface area (Å²) in [4.78, 5) is 42.7. The van der Waals surface area contributed by atoms with Gasteiger partial charge in [0.1, 0.15) is 5.82 Å². The summed E-state index contributed by atoms with van der Waals surface area (Å²) in [5, 5.41) is 2.22. The molecule has 2 aromatic rings. The van der Waals surface area contributed by atoms with Crippen LogP contribution in [0.4, 0.5) is 14.9 Å². The number of rotatable bonds is 4. The Balaban J connectivity index is 1.87. The smallest absolute Gasteiger partial charge is 0.288 e. The molecule has 7 heteroatoms. The number of carbonyl (C=O) groups is 3. The van der Waals surface area contributed by atoms with Gasteiger partial charge in [-0.3, -0.25) is 19.9 Å². The van der Waals surface area contributed by atoms with E-state index in [1.807, 2.05) is 0 Å². The van der Waals surface area contributed by atoms with Gasteiger partial charge in [0, 0.05) is 5.71 Å². The van der Waals surface area contributed by atoms with Crippen LogP contribution in [0, 0.1) is 18.7 Å². The molecule has 0 radical (unpaired) electrons. The van der Waals surface area contributed by atoms with Gasteiger partial charge in [0.25, 0.3) is 5.91 Å². The summed E-state index contributed by atoms with van der Waals surface area (Å²) < 4.78 is 13.0. The standard InChI is InChI=1S/C20H18FN3O3/c1-12-5-3-4-6-16(12)24-19(26)17(18(25)23-20(24)27)13(2)22-11-14-7-9-15(21)10-8-14/h3-10,17H,11H2,1-2H3,(H,23,25,27)/t17-/m1/s1. The third kappa shape index (κ3) is 3.76. The Hall–Kier alpha value is -3.35. The second kappa shape index (κ2) is 7.49. The van der Waals surface area contributed by atoms with E-state index in [0.717, 1.165) is 16.0 Å². The largest absolute Gasteiger partial charge is 0.335 e. The first-order valence-electron chi connectivity index (χ1n) is 8.38. The number of barbiturate groups is 1. The van der Waals surface area contributed by atoms with Crippen molar-refractivity contribution in [2.45, 2.75) is 20.4 Å². The molecule has 0 bridgehead atoms. The number of imide groups is 2. The molecular formula is C20H18FN3O3. The Labute approximate surface area is 155 Å². The van der Waals surface area contributed by atoms with Gasteiger partial charge in [0.15, 0.2) is 5.92 Å². The zero-order valence-corrected chi connectivity index (χ0v) is 14.9. The van der Waals surface area contributed by atoms with Crippen LogP contribution in [0.2, 0.25) is 0 Å². The maximum atomic E-state index is 13.0. The summed E-state index contributed by atoms with van der Waals surface area (Å²) in [5.74, 6) is -2.88. The van der Waals surface area contributed by atoms with E-state index in [1.165, 1.54) is 12.1 Å². The molecule has 1 N–H and O–H groups in total. The van der Waals surface area contributed by atoms with Crippen LogP contribution in [0.5, 0.6) is 0 Å². The van der Waals surface area contributed by atoms with E-state index in [9.17, 15) is 18.8 Å². The van der Waals surface area contributed by atoms with Gasteiger partial charge in [0.05, 0.1) is 12.2 Å². The van der Waals surface area contributed by atoms with Crippen LogP contribution in [0.3, 0.4) is 0 Å². The molecule has 6 nitrogen and oxygen atoms in total. The zero-order valence-electron chi connectivity index (χ0n) is 14.9. The molecular weight excluding hydrogens is 349 g/mol. The molecule has 27 heavy (non-hydrogen) atoms. The van der Waals surface area contributed by atoms with Gasteiger partial charge in [0.2, 0.25) is 5.91 Å². The topological polar surface area (TPSA) is 78.8 Å². The summed E-state index contributed by atoms with van der Waals surface area (Å²) in [6.45, 7) is 3.54. The van der Waals surface area contributed by atoms with Crippen molar-refractivity contribution in [3.63, 3.8) is 0 Å². The fourth-order valence-corrected chi connectivity index (χ4v) is 2.88. The van der Waals surface area contributed by atoms with Crippen molar-refractivity contribution in [3.8, 4) is 0 Å². The molecule has 138 valence electrons. The maximum absolute atomic E-state index is 13.0. The lowest BCUT2D eigenvalue weighted by Crippen LogP contribution is -2.60. The minimum absolute atomic E-state index is 0.196. The van der Waals surface area contributed by atoms with Gasteiger partial charge in [-0.1, -0.05) is 30.3 Å². The fraction of sp³-hybridized carbons (Fsp3) is 0.200. The lowest BCUT2D eigenvalue weighted by molar-refractivity contribution is -0.131. The second-order valence-corrected chi connectivity index (χ2v) is 6.27. The Morgan fingerprint density at radius 1 is 1.11 bits per heavy atom. The average Bonchev–Trinajstić information content (AvgIpc) is 2.62. The van der Waals surface area contributed by atoms with E-state index >= 15 is 0 Å². The third-order valence-electron chi connectivity index (χ3n) is 4.36. The lowest BCUT2D eigenvalue weighted by atomic mass is 9.98. The van der Waals surface area contributed by atoms with Crippen molar-refractivity contribution in [1.29, 1.82) is 0 Å². The highest BCUT2D eigenvalue weighted by Gasteiger charge is 2.43.